The van der Waals surface area contributed by atoms with Gasteiger partial charge in [0.15, 0.2) is 10.9 Å². The lowest BCUT2D eigenvalue weighted by Gasteiger charge is -2.12. The van der Waals surface area contributed by atoms with Gasteiger partial charge in [0.1, 0.15) is 5.75 Å². The first-order valence-corrected chi connectivity index (χ1v) is 9.14. The molecule has 0 amide bonds. The molecule has 0 aliphatic heterocycles. The molecule has 0 radical (unpaired) electrons. The summed E-state index contributed by atoms with van der Waals surface area (Å²) >= 11 is 5.35. The Balaban J connectivity index is 1.55. The van der Waals surface area contributed by atoms with E-state index >= 15 is 0 Å². The third-order valence-corrected chi connectivity index (χ3v) is 4.27. The summed E-state index contributed by atoms with van der Waals surface area (Å²) in [7, 11) is 1.65. The number of benzene rings is 3. The Morgan fingerprint density at radius 2 is 1.18 bits per heavy atom. The molecule has 3 aromatic carbocycles. The molecule has 3 rings (SSSR count). The number of ether oxygens (including phenoxy) is 1. The highest BCUT2D eigenvalue weighted by atomic mass is 32.1. The summed E-state index contributed by atoms with van der Waals surface area (Å²) in [6.07, 6.45) is 0. The summed E-state index contributed by atoms with van der Waals surface area (Å²) in [4.78, 5) is 11.3. The van der Waals surface area contributed by atoms with Crippen molar-refractivity contribution < 1.29 is 9.53 Å². The average molecular weight is 391 g/mol. The lowest BCUT2D eigenvalue weighted by atomic mass is 10.1. The molecule has 142 valence electrons. The highest BCUT2D eigenvalue weighted by Crippen LogP contribution is 2.21. The van der Waals surface area contributed by atoms with E-state index in [-0.39, 0.29) is 5.78 Å². The number of thiocarbonyl (C=S) groups is 1. The fourth-order valence-corrected chi connectivity index (χ4v) is 2.80. The van der Waals surface area contributed by atoms with Crippen molar-refractivity contribution in [1.29, 1.82) is 0 Å². The van der Waals surface area contributed by atoms with Gasteiger partial charge in [-0.15, -0.1) is 0 Å². The lowest BCUT2D eigenvalue weighted by molar-refractivity contribution is 0.101. The molecule has 0 heterocycles. The van der Waals surface area contributed by atoms with Crippen molar-refractivity contribution >= 4 is 45.9 Å². The quantitative estimate of drug-likeness (QED) is 0.384. The van der Waals surface area contributed by atoms with Crippen molar-refractivity contribution in [3.05, 3.63) is 78.4 Å². The second kappa shape index (κ2) is 9.01. The van der Waals surface area contributed by atoms with Crippen LogP contribution in [0.2, 0.25) is 0 Å². The van der Waals surface area contributed by atoms with Gasteiger partial charge in [-0.3, -0.25) is 4.79 Å². The standard InChI is InChI=1S/C22H21N3O2S/c1-15(26)16-3-5-19(6-4-16)24-22(28)25-20-9-7-17(8-10-20)23-18-11-13-21(27-2)14-12-18/h3-14,23H,1-2H3,(H2,24,25,28). The van der Waals surface area contributed by atoms with Gasteiger partial charge in [0, 0.05) is 28.3 Å². The molecule has 3 aromatic rings. The molecule has 5 nitrogen and oxygen atoms in total. The maximum Gasteiger partial charge on any atom is 0.175 e. The van der Waals surface area contributed by atoms with E-state index in [1.807, 2.05) is 60.7 Å². The highest BCUT2D eigenvalue weighted by Gasteiger charge is 2.02. The maximum absolute atomic E-state index is 11.3. The lowest BCUT2D eigenvalue weighted by Crippen LogP contribution is -2.19. The van der Waals surface area contributed by atoms with E-state index < -0.39 is 0 Å². The highest BCUT2D eigenvalue weighted by molar-refractivity contribution is 7.80. The van der Waals surface area contributed by atoms with E-state index in [4.69, 9.17) is 17.0 Å². The number of carbonyl (C=O) groups excluding carboxylic acids is 1. The van der Waals surface area contributed by atoms with Crippen LogP contribution in [0.25, 0.3) is 0 Å². The van der Waals surface area contributed by atoms with Gasteiger partial charge in [0.25, 0.3) is 0 Å². The molecular formula is C22H21N3O2S. The smallest absolute Gasteiger partial charge is 0.175 e. The number of ketones is 1. The largest absolute Gasteiger partial charge is 0.497 e. The Labute approximate surface area is 169 Å². The molecule has 0 bridgehead atoms. The summed E-state index contributed by atoms with van der Waals surface area (Å²) in [5.74, 6) is 0.859. The first-order valence-electron chi connectivity index (χ1n) is 8.73. The summed E-state index contributed by atoms with van der Waals surface area (Å²) in [5, 5.41) is 10.1. The van der Waals surface area contributed by atoms with Crippen LogP contribution in [0.5, 0.6) is 5.75 Å². The predicted molar refractivity (Wildman–Crippen MR) is 119 cm³/mol. The third kappa shape index (κ3) is 5.31. The maximum atomic E-state index is 11.3. The molecule has 0 aliphatic carbocycles. The van der Waals surface area contributed by atoms with Crippen LogP contribution >= 0.6 is 12.2 Å². The minimum atomic E-state index is 0.0376. The first kappa shape index (κ1) is 19.4. The van der Waals surface area contributed by atoms with E-state index in [1.165, 1.54) is 0 Å². The molecule has 0 aliphatic rings. The molecular weight excluding hydrogens is 370 g/mol. The zero-order valence-corrected chi connectivity index (χ0v) is 16.5. The number of anilines is 4. The molecule has 0 saturated heterocycles. The Morgan fingerprint density at radius 3 is 1.64 bits per heavy atom. The molecule has 0 saturated carbocycles. The second-order valence-electron chi connectivity index (χ2n) is 6.14. The third-order valence-electron chi connectivity index (χ3n) is 4.07. The molecule has 0 spiro atoms. The zero-order chi connectivity index (χ0) is 19.9. The van der Waals surface area contributed by atoms with Crippen molar-refractivity contribution in [3.63, 3.8) is 0 Å². The Bertz CT molecular complexity index is 953. The van der Waals surface area contributed by atoms with Gasteiger partial charge >= 0.3 is 0 Å². The van der Waals surface area contributed by atoms with E-state index in [0.717, 1.165) is 28.5 Å². The summed E-state index contributed by atoms with van der Waals surface area (Å²) in [6.45, 7) is 1.54. The predicted octanol–water partition coefficient (Wildman–Crippen LogP) is 5.45. The molecule has 6 heteroatoms. The first-order chi connectivity index (χ1) is 13.5. The summed E-state index contributed by atoms with van der Waals surface area (Å²) in [5.41, 5.74) is 4.31. The Hall–Kier alpha value is -3.38. The van der Waals surface area contributed by atoms with Crippen LogP contribution in [-0.4, -0.2) is 18.0 Å². The molecule has 28 heavy (non-hydrogen) atoms. The normalized spacial score (nSPS) is 10.1. The van der Waals surface area contributed by atoms with Gasteiger partial charge in [-0.25, -0.2) is 0 Å². The Kier molecular flexibility index (Phi) is 6.24. The van der Waals surface area contributed by atoms with Gasteiger partial charge in [-0.05, 0) is 91.9 Å². The monoisotopic (exact) mass is 391 g/mol. The van der Waals surface area contributed by atoms with Crippen LogP contribution in [0.15, 0.2) is 72.8 Å². The minimum absolute atomic E-state index is 0.0376. The average Bonchev–Trinajstić information content (AvgIpc) is 2.70. The van der Waals surface area contributed by atoms with Crippen LogP contribution in [0.4, 0.5) is 22.7 Å². The topological polar surface area (TPSA) is 62.4 Å². The summed E-state index contributed by atoms with van der Waals surface area (Å²) in [6, 6.07) is 22.8. The second-order valence-corrected chi connectivity index (χ2v) is 6.55. The summed E-state index contributed by atoms with van der Waals surface area (Å²) < 4.78 is 5.16. The molecule has 0 atom stereocenters. The van der Waals surface area contributed by atoms with Crippen molar-refractivity contribution in [3.8, 4) is 5.75 Å². The zero-order valence-electron chi connectivity index (χ0n) is 15.7. The van der Waals surface area contributed by atoms with Crippen molar-refractivity contribution in [2.45, 2.75) is 6.92 Å². The van der Waals surface area contributed by atoms with Crippen LogP contribution in [0.1, 0.15) is 17.3 Å². The minimum Gasteiger partial charge on any atom is -0.497 e. The van der Waals surface area contributed by atoms with Crippen molar-refractivity contribution in [1.82, 2.24) is 0 Å². The fraction of sp³-hybridized carbons (Fsp3) is 0.0909. The number of hydrogen-bond acceptors (Lipinski definition) is 4. The van der Waals surface area contributed by atoms with Crippen LogP contribution < -0.4 is 20.7 Å². The number of methoxy groups -OCH3 is 1. The fourth-order valence-electron chi connectivity index (χ4n) is 2.56. The molecule has 3 N–H and O–H groups in total. The van der Waals surface area contributed by atoms with Gasteiger partial charge < -0.3 is 20.7 Å². The number of carbonyl (C=O) groups is 1. The molecule has 0 aromatic heterocycles. The van der Waals surface area contributed by atoms with Crippen LogP contribution in [0.3, 0.4) is 0 Å². The van der Waals surface area contributed by atoms with Gasteiger partial charge in [0.05, 0.1) is 7.11 Å². The van der Waals surface area contributed by atoms with Gasteiger partial charge in [-0.2, -0.15) is 0 Å². The SMILES string of the molecule is COc1ccc(Nc2ccc(NC(=S)Nc3ccc(C(C)=O)cc3)cc2)cc1. The van der Waals surface area contributed by atoms with Crippen LogP contribution in [0, 0.1) is 0 Å². The van der Waals surface area contributed by atoms with E-state index in [0.29, 0.717) is 10.7 Å². The van der Waals surface area contributed by atoms with E-state index in [9.17, 15) is 4.79 Å². The number of hydrogen-bond donors (Lipinski definition) is 3. The van der Waals surface area contributed by atoms with Crippen molar-refractivity contribution in [2.75, 3.05) is 23.1 Å². The Morgan fingerprint density at radius 1 is 0.750 bits per heavy atom. The molecule has 0 unspecified atom stereocenters. The van der Waals surface area contributed by atoms with Gasteiger partial charge in [0.2, 0.25) is 0 Å². The number of rotatable bonds is 6. The number of nitrogens with one attached hydrogen (secondary N) is 3. The van der Waals surface area contributed by atoms with E-state index in [1.54, 1.807) is 26.2 Å². The van der Waals surface area contributed by atoms with Crippen molar-refractivity contribution in [2.24, 2.45) is 0 Å². The van der Waals surface area contributed by atoms with Gasteiger partial charge in [-0.1, -0.05) is 0 Å². The van der Waals surface area contributed by atoms with Crippen LogP contribution in [-0.2, 0) is 0 Å². The molecule has 0 fully saturated rings. The number of Topliss-reactive ketones (excluding diaryl/α,β-unsaturated/α-hetero) is 1. The van der Waals surface area contributed by atoms with E-state index in [2.05, 4.69) is 16.0 Å².